The third-order valence-corrected chi connectivity index (χ3v) is 3.20. The fraction of sp³-hybridized carbons (Fsp3) is 0.400. The summed E-state index contributed by atoms with van der Waals surface area (Å²) < 4.78 is 0.878. The largest absolute Gasteiger partial charge is 0.368 e. The van der Waals surface area contributed by atoms with Crippen molar-refractivity contribution >= 4 is 27.7 Å². The van der Waals surface area contributed by atoms with Gasteiger partial charge in [-0.1, -0.05) is 0 Å². The lowest BCUT2D eigenvalue weighted by Gasteiger charge is -2.35. The van der Waals surface area contributed by atoms with Crippen LogP contribution in [0.1, 0.15) is 0 Å². The fourth-order valence-electron chi connectivity index (χ4n) is 1.80. The molecule has 1 fully saturated rings. The van der Waals surface area contributed by atoms with E-state index in [-0.39, 0.29) is 11.9 Å². The number of aromatic nitrogens is 1. The summed E-state index contributed by atoms with van der Waals surface area (Å²) in [5.41, 5.74) is 5.38. The Morgan fingerprint density at radius 1 is 1.69 bits per heavy atom. The topological polar surface area (TPSA) is 71.2 Å². The van der Waals surface area contributed by atoms with Crippen LogP contribution >= 0.6 is 15.9 Å². The molecule has 1 aliphatic rings. The number of primary amides is 1. The molecule has 3 N–H and O–H groups in total. The summed E-state index contributed by atoms with van der Waals surface area (Å²) in [4.78, 5) is 17.6. The zero-order valence-corrected chi connectivity index (χ0v) is 10.3. The maximum Gasteiger partial charge on any atom is 0.241 e. The summed E-state index contributed by atoms with van der Waals surface area (Å²) in [6.07, 6.45) is 1.71. The van der Waals surface area contributed by atoms with Crippen LogP contribution in [0.25, 0.3) is 0 Å². The molecular weight excluding hydrogens is 272 g/mol. The number of anilines is 1. The van der Waals surface area contributed by atoms with Crippen molar-refractivity contribution in [2.45, 2.75) is 6.04 Å². The molecule has 2 rings (SSSR count). The molecule has 1 aromatic heterocycles. The number of piperazine rings is 1. The van der Waals surface area contributed by atoms with Gasteiger partial charge in [-0.15, -0.1) is 0 Å². The molecule has 0 bridgehead atoms. The van der Waals surface area contributed by atoms with Gasteiger partial charge in [-0.05, 0) is 28.1 Å². The van der Waals surface area contributed by atoms with Gasteiger partial charge in [-0.3, -0.25) is 4.79 Å². The van der Waals surface area contributed by atoms with E-state index in [0.29, 0.717) is 6.54 Å². The fourth-order valence-corrected chi connectivity index (χ4v) is 2.28. The number of nitrogens with two attached hydrogens (primary N) is 1. The van der Waals surface area contributed by atoms with Crippen molar-refractivity contribution in [3.05, 3.63) is 22.8 Å². The molecule has 0 aliphatic carbocycles. The molecule has 1 unspecified atom stereocenters. The number of carbonyl (C=O) groups excluding carboxylic acids is 1. The normalized spacial score (nSPS) is 20.8. The van der Waals surface area contributed by atoms with Crippen LogP contribution in [0.15, 0.2) is 22.8 Å². The van der Waals surface area contributed by atoms with Crippen LogP contribution in [0.5, 0.6) is 0 Å². The van der Waals surface area contributed by atoms with Gasteiger partial charge in [0.25, 0.3) is 0 Å². The van der Waals surface area contributed by atoms with Crippen molar-refractivity contribution in [3.8, 4) is 0 Å². The molecule has 1 saturated heterocycles. The number of carbonyl (C=O) groups is 1. The van der Waals surface area contributed by atoms with Gasteiger partial charge < -0.3 is 16.0 Å². The van der Waals surface area contributed by atoms with E-state index in [1.54, 1.807) is 6.20 Å². The first-order chi connectivity index (χ1) is 7.70. The summed E-state index contributed by atoms with van der Waals surface area (Å²) >= 11 is 3.43. The summed E-state index contributed by atoms with van der Waals surface area (Å²) in [6, 6.07) is 3.41. The molecule has 1 atom stereocenters. The standard InChI is InChI=1S/C10H13BrN4O/c11-7-2-1-3-14-10(7)15-5-4-13-6-8(15)9(12)16/h1-3,8,13H,4-6H2,(H2,12,16). The number of nitrogens with one attached hydrogen (secondary N) is 1. The summed E-state index contributed by atoms with van der Waals surface area (Å²) in [6.45, 7) is 2.12. The molecule has 86 valence electrons. The number of nitrogens with zero attached hydrogens (tertiary/aromatic N) is 2. The minimum absolute atomic E-state index is 0.329. The Labute approximate surface area is 102 Å². The van der Waals surface area contributed by atoms with E-state index < -0.39 is 0 Å². The number of rotatable bonds is 2. The van der Waals surface area contributed by atoms with Gasteiger partial charge in [0.15, 0.2) is 0 Å². The minimum atomic E-state index is -0.333. The van der Waals surface area contributed by atoms with Crippen LogP contribution in [-0.2, 0) is 4.79 Å². The second-order valence-corrected chi connectivity index (χ2v) is 4.48. The lowest BCUT2D eigenvalue weighted by Crippen LogP contribution is -2.57. The van der Waals surface area contributed by atoms with E-state index in [4.69, 9.17) is 5.73 Å². The Kier molecular flexibility index (Phi) is 3.40. The average Bonchev–Trinajstić information content (AvgIpc) is 2.29. The lowest BCUT2D eigenvalue weighted by molar-refractivity contribution is -0.119. The highest BCUT2D eigenvalue weighted by Gasteiger charge is 2.28. The third-order valence-electron chi connectivity index (χ3n) is 2.58. The molecule has 1 aliphatic heterocycles. The first-order valence-electron chi connectivity index (χ1n) is 5.07. The van der Waals surface area contributed by atoms with Gasteiger partial charge in [0.05, 0.1) is 4.47 Å². The number of halogens is 1. The van der Waals surface area contributed by atoms with Crippen molar-refractivity contribution in [1.29, 1.82) is 0 Å². The Bertz CT molecular complexity index is 398. The Morgan fingerprint density at radius 3 is 3.19 bits per heavy atom. The zero-order valence-electron chi connectivity index (χ0n) is 8.69. The van der Waals surface area contributed by atoms with Gasteiger partial charge in [-0.25, -0.2) is 4.98 Å². The average molecular weight is 285 g/mol. The van der Waals surface area contributed by atoms with Crippen LogP contribution in [0.2, 0.25) is 0 Å². The van der Waals surface area contributed by atoms with Crippen molar-refractivity contribution in [2.24, 2.45) is 5.73 Å². The molecule has 2 heterocycles. The Hall–Kier alpha value is -1.14. The van der Waals surface area contributed by atoms with Gasteiger partial charge in [-0.2, -0.15) is 0 Å². The number of hydrogen-bond donors (Lipinski definition) is 2. The highest BCUT2D eigenvalue weighted by molar-refractivity contribution is 9.10. The molecule has 0 saturated carbocycles. The Balaban J connectivity index is 2.30. The molecule has 0 spiro atoms. The van der Waals surface area contributed by atoms with Crippen molar-refractivity contribution in [2.75, 3.05) is 24.5 Å². The quantitative estimate of drug-likeness (QED) is 0.809. The van der Waals surface area contributed by atoms with E-state index in [2.05, 4.69) is 26.2 Å². The lowest BCUT2D eigenvalue weighted by atomic mass is 10.2. The van der Waals surface area contributed by atoms with Gasteiger partial charge in [0, 0.05) is 25.8 Å². The van der Waals surface area contributed by atoms with Crippen LogP contribution in [0.4, 0.5) is 5.82 Å². The first kappa shape index (κ1) is 11.3. The number of amides is 1. The van der Waals surface area contributed by atoms with Crippen molar-refractivity contribution in [1.82, 2.24) is 10.3 Å². The van der Waals surface area contributed by atoms with E-state index in [9.17, 15) is 4.79 Å². The molecule has 1 aromatic rings. The van der Waals surface area contributed by atoms with Gasteiger partial charge in [0.2, 0.25) is 5.91 Å². The number of hydrogen-bond acceptors (Lipinski definition) is 4. The molecule has 0 radical (unpaired) electrons. The predicted octanol–water partition coefficient (Wildman–Crippen LogP) is 0.108. The second kappa shape index (κ2) is 4.80. The van der Waals surface area contributed by atoms with E-state index >= 15 is 0 Å². The smallest absolute Gasteiger partial charge is 0.241 e. The minimum Gasteiger partial charge on any atom is -0.368 e. The highest BCUT2D eigenvalue weighted by atomic mass is 79.9. The summed E-state index contributed by atoms with van der Waals surface area (Å²) in [5, 5.41) is 3.15. The first-order valence-corrected chi connectivity index (χ1v) is 5.86. The van der Waals surface area contributed by atoms with Crippen molar-refractivity contribution < 1.29 is 4.79 Å². The van der Waals surface area contributed by atoms with Crippen molar-refractivity contribution in [3.63, 3.8) is 0 Å². The highest BCUT2D eigenvalue weighted by Crippen LogP contribution is 2.25. The molecule has 1 amide bonds. The molecular formula is C10H13BrN4O. The van der Waals surface area contributed by atoms with E-state index in [1.807, 2.05) is 17.0 Å². The van der Waals surface area contributed by atoms with E-state index in [0.717, 1.165) is 23.4 Å². The zero-order chi connectivity index (χ0) is 11.5. The third kappa shape index (κ3) is 2.17. The summed E-state index contributed by atoms with van der Waals surface area (Å²) in [7, 11) is 0. The molecule has 6 heteroatoms. The maximum atomic E-state index is 11.3. The molecule has 16 heavy (non-hydrogen) atoms. The second-order valence-electron chi connectivity index (χ2n) is 3.62. The van der Waals surface area contributed by atoms with Gasteiger partial charge >= 0.3 is 0 Å². The SMILES string of the molecule is NC(=O)C1CNCCN1c1ncccc1Br. The van der Waals surface area contributed by atoms with Crippen LogP contribution in [-0.4, -0.2) is 36.6 Å². The molecule has 5 nitrogen and oxygen atoms in total. The molecule has 0 aromatic carbocycles. The summed E-state index contributed by atoms with van der Waals surface area (Å²) in [5.74, 6) is 0.442. The predicted molar refractivity (Wildman–Crippen MR) is 65.1 cm³/mol. The van der Waals surface area contributed by atoms with Crippen LogP contribution in [0.3, 0.4) is 0 Å². The van der Waals surface area contributed by atoms with Crippen LogP contribution in [0, 0.1) is 0 Å². The maximum absolute atomic E-state index is 11.3. The van der Waals surface area contributed by atoms with Crippen LogP contribution < -0.4 is 16.0 Å². The number of pyridine rings is 1. The monoisotopic (exact) mass is 284 g/mol. The van der Waals surface area contributed by atoms with E-state index in [1.165, 1.54) is 0 Å². The van der Waals surface area contributed by atoms with Gasteiger partial charge in [0.1, 0.15) is 11.9 Å². The Morgan fingerprint density at radius 2 is 2.50 bits per heavy atom.